The number of hydrogen-bond donors (Lipinski definition) is 0. The molecule has 1 aromatic carbocycles. The Morgan fingerprint density at radius 3 is 2.46 bits per heavy atom. The summed E-state index contributed by atoms with van der Waals surface area (Å²) in [6, 6.07) is 2.66. The van der Waals surface area contributed by atoms with Crippen LogP contribution in [0, 0.1) is 5.82 Å². The second kappa shape index (κ2) is 3.79. The second-order valence-electron chi connectivity index (χ2n) is 2.29. The Hall–Kier alpha value is -1.03. The fraction of sp³-hybridized carbons (Fsp3) is 0.125. The largest absolute Gasteiger partial charge is 0.300 e. The number of hydrogen-bond acceptors (Lipinski definition) is 1. The predicted octanol–water partition coefficient (Wildman–Crippen LogP) is 2.93. The van der Waals surface area contributed by atoms with Gasteiger partial charge < -0.3 is 0 Å². The first-order chi connectivity index (χ1) is 6.02. The van der Waals surface area contributed by atoms with E-state index in [1.165, 1.54) is 0 Å². The summed E-state index contributed by atoms with van der Waals surface area (Å²) in [6.07, 6.45) is -3.12. The molecule has 0 fully saturated rings. The fourth-order valence-electron chi connectivity index (χ4n) is 0.807. The highest BCUT2D eigenvalue weighted by Crippen LogP contribution is 2.19. The number of rotatable bonds is 2. The van der Waals surface area contributed by atoms with E-state index in [-0.39, 0.29) is 10.6 Å². The summed E-state index contributed by atoms with van der Waals surface area (Å²) in [6.45, 7) is 0. The first-order valence-electron chi connectivity index (χ1n) is 3.30. The maximum Gasteiger partial charge on any atom is 0.300 e. The van der Waals surface area contributed by atoms with Crippen LogP contribution in [0.4, 0.5) is 13.2 Å². The minimum atomic E-state index is -3.12. The van der Waals surface area contributed by atoms with Gasteiger partial charge in [0, 0.05) is 5.56 Å². The second-order valence-corrected chi connectivity index (χ2v) is 2.70. The van der Waals surface area contributed by atoms with Gasteiger partial charge in [0.05, 0.1) is 5.02 Å². The number of Topliss-reactive ketones (excluding diaryl/α,β-unsaturated/α-hetero) is 1. The maximum absolute atomic E-state index is 12.4. The molecule has 13 heavy (non-hydrogen) atoms. The smallest absolute Gasteiger partial charge is 0.288 e. The van der Waals surface area contributed by atoms with E-state index in [9.17, 15) is 18.0 Å². The summed E-state index contributed by atoms with van der Waals surface area (Å²) in [5.74, 6) is -2.07. The SMILES string of the molecule is O=C(c1ccc(F)cc1Cl)C(F)F. The zero-order valence-electron chi connectivity index (χ0n) is 6.23. The molecule has 1 rings (SSSR count). The molecule has 0 N–H and O–H groups in total. The topological polar surface area (TPSA) is 17.1 Å². The Labute approximate surface area is 77.1 Å². The van der Waals surface area contributed by atoms with E-state index >= 15 is 0 Å². The molecule has 0 atom stereocenters. The number of benzene rings is 1. The van der Waals surface area contributed by atoms with Gasteiger partial charge in [-0.05, 0) is 18.2 Å². The van der Waals surface area contributed by atoms with Crippen LogP contribution in [0.3, 0.4) is 0 Å². The van der Waals surface area contributed by atoms with Crippen molar-refractivity contribution in [1.82, 2.24) is 0 Å². The van der Waals surface area contributed by atoms with Crippen molar-refractivity contribution >= 4 is 17.4 Å². The molecule has 0 spiro atoms. The van der Waals surface area contributed by atoms with E-state index in [1.54, 1.807) is 0 Å². The van der Waals surface area contributed by atoms with Crippen molar-refractivity contribution in [3.05, 3.63) is 34.6 Å². The minimum Gasteiger partial charge on any atom is -0.288 e. The van der Waals surface area contributed by atoms with Crippen molar-refractivity contribution in [1.29, 1.82) is 0 Å². The molecule has 0 amide bonds. The van der Waals surface area contributed by atoms with Crippen molar-refractivity contribution in [2.24, 2.45) is 0 Å². The van der Waals surface area contributed by atoms with Gasteiger partial charge in [-0.25, -0.2) is 13.2 Å². The summed E-state index contributed by atoms with van der Waals surface area (Å²) in [7, 11) is 0. The van der Waals surface area contributed by atoms with Crippen LogP contribution in [0.5, 0.6) is 0 Å². The van der Waals surface area contributed by atoms with Gasteiger partial charge in [-0.3, -0.25) is 4.79 Å². The molecule has 0 aromatic heterocycles. The standard InChI is InChI=1S/C8H4ClF3O/c9-6-3-4(10)1-2-5(6)7(13)8(11)12/h1-3,8H. The van der Waals surface area contributed by atoms with E-state index in [0.29, 0.717) is 0 Å². The average molecular weight is 209 g/mol. The maximum atomic E-state index is 12.4. The highest BCUT2D eigenvalue weighted by atomic mass is 35.5. The normalized spacial score (nSPS) is 10.5. The van der Waals surface area contributed by atoms with Crippen molar-refractivity contribution in [3.63, 3.8) is 0 Å². The van der Waals surface area contributed by atoms with E-state index in [4.69, 9.17) is 11.6 Å². The number of carbonyl (C=O) groups excluding carboxylic acids is 1. The van der Waals surface area contributed by atoms with Gasteiger partial charge in [0.15, 0.2) is 0 Å². The molecule has 1 nitrogen and oxygen atoms in total. The molecule has 0 aliphatic heterocycles. The monoisotopic (exact) mass is 208 g/mol. The van der Waals surface area contributed by atoms with E-state index in [2.05, 4.69) is 0 Å². The predicted molar refractivity (Wildman–Crippen MR) is 41.7 cm³/mol. The average Bonchev–Trinajstić information content (AvgIpc) is 2.03. The first-order valence-corrected chi connectivity index (χ1v) is 3.67. The van der Waals surface area contributed by atoms with E-state index in [0.717, 1.165) is 18.2 Å². The van der Waals surface area contributed by atoms with Gasteiger partial charge in [0.2, 0.25) is 5.78 Å². The first kappa shape index (κ1) is 10.1. The third kappa shape index (κ3) is 2.21. The summed E-state index contributed by atoms with van der Waals surface area (Å²) in [5.41, 5.74) is -0.363. The number of ketones is 1. The lowest BCUT2D eigenvalue weighted by Gasteiger charge is -2.01. The highest BCUT2D eigenvalue weighted by molar-refractivity contribution is 6.34. The van der Waals surface area contributed by atoms with Gasteiger partial charge in [-0.1, -0.05) is 11.6 Å². The molecule has 0 unspecified atom stereocenters. The third-order valence-electron chi connectivity index (χ3n) is 1.39. The van der Waals surface area contributed by atoms with Crippen LogP contribution in [0.2, 0.25) is 5.02 Å². The van der Waals surface area contributed by atoms with Gasteiger partial charge in [-0.2, -0.15) is 0 Å². The molecule has 5 heteroatoms. The Bertz CT molecular complexity index is 338. The van der Waals surface area contributed by atoms with Crippen molar-refractivity contribution in [2.75, 3.05) is 0 Å². The molecule has 70 valence electrons. The quantitative estimate of drug-likeness (QED) is 0.683. The minimum absolute atomic E-state index is 0.301. The van der Waals surface area contributed by atoms with E-state index in [1.807, 2.05) is 0 Å². The number of alkyl halides is 2. The van der Waals surface area contributed by atoms with Crippen molar-refractivity contribution in [2.45, 2.75) is 6.43 Å². The molecule has 0 aliphatic rings. The van der Waals surface area contributed by atoms with Crippen molar-refractivity contribution in [3.8, 4) is 0 Å². The van der Waals surface area contributed by atoms with Crippen molar-refractivity contribution < 1.29 is 18.0 Å². The number of halogens is 4. The Balaban J connectivity index is 3.09. The van der Waals surface area contributed by atoms with Gasteiger partial charge in [-0.15, -0.1) is 0 Å². The van der Waals surface area contributed by atoms with Crippen LogP contribution >= 0.6 is 11.6 Å². The molecule has 0 saturated heterocycles. The summed E-state index contributed by atoms with van der Waals surface area (Å²) in [4.78, 5) is 10.7. The zero-order valence-corrected chi connectivity index (χ0v) is 6.99. The molecule has 0 bridgehead atoms. The molecule has 0 aliphatic carbocycles. The summed E-state index contributed by atoms with van der Waals surface area (Å²) >= 11 is 5.37. The van der Waals surface area contributed by atoms with Crippen LogP contribution in [0.1, 0.15) is 10.4 Å². The lowest BCUT2D eigenvalue weighted by Crippen LogP contribution is -2.10. The Morgan fingerprint density at radius 1 is 1.38 bits per heavy atom. The van der Waals surface area contributed by atoms with Crippen LogP contribution < -0.4 is 0 Å². The van der Waals surface area contributed by atoms with Crippen LogP contribution in [0.25, 0.3) is 0 Å². The summed E-state index contributed by atoms with van der Waals surface area (Å²) < 4.78 is 36.2. The highest BCUT2D eigenvalue weighted by Gasteiger charge is 2.20. The zero-order chi connectivity index (χ0) is 10.0. The Morgan fingerprint density at radius 2 is 2.00 bits per heavy atom. The lowest BCUT2D eigenvalue weighted by molar-refractivity contribution is 0.0679. The third-order valence-corrected chi connectivity index (χ3v) is 1.71. The van der Waals surface area contributed by atoms with Gasteiger partial charge >= 0.3 is 6.43 Å². The summed E-state index contributed by atoms with van der Waals surface area (Å²) in [5, 5.41) is -0.301. The van der Waals surface area contributed by atoms with E-state index < -0.39 is 18.0 Å². The molecular formula is C8H4ClF3O. The molecule has 1 aromatic rings. The number of carbonyl (C=O) groups is 1. The van der Waals surface area contributed by atoms with Crippen LogP contribution in [0.15, 0.2) is 18.2 Å². The fourth-order valence-corrected chi connectivity index (χ4v) is 1.07. The Kier molecular flexibility index (Phi) is 2.93. The molecule has 0 heterocycles. The van der Waals surface area contributed by atoms with Crippen LogP contribution in [-0.4, -0.2) is 12.2 Å². The van der Waals surface area contributed by atoms with Crippen LogP contribution in [-0.2, 0) is 0 Å². The van der Waals surface area contributed by atoms with Gasteiger partial charge in [0.25, 0.3) is 0 Å². The lowest BCUT2D eigenvalue weighted by atomic mass is 10.1. The molecular weight excluding hydrogens is 205 g/mol. The van der Waals surface area contributed by atoms with Gasteiger partial charge in [0.1, 0.15) is 5.82 Å². The molecule has 0 radical (unpaired) electrons. The molecule has 0 saturated carbocycles.